The molecule has 1 aromatic carbocycles. The Morgan fingerprint density at radius 3 is 2.52 bits per heavy atom. The third-order valence-corrected chi connectivity index (χ3v) is 4.36. The summed E-state index contributed by atoms with van der Waals surface area (Å²) >= 11 is 0. The molecule has 0 N–H and O–H groups in total. The van der Waals surface area contributed by atoms with Gasteiger partial charge in [-0.05, 0) is 42.2 Å². The highest BCUT2D eigenvalue weighted by molar-refractivity contribution is 5.29. The molecule has 1 unspecified atom stereocenters. The summed E-state index contributed by atoms with van der Waals surface area (Å²) in [5.41, 5.74) is 0.751. The molecule has 134 valence electrons. The topological polar surface area (TPSA) is 25.4 Å². The van der Waals surface area contributed by atoms with Crippen LogP contribution in [0.25, 0.3) is 0 Å². The van der Waals surface area contributed by atoms with Crippen molar-refractivity contribution in [3.8, 4) is 0 Å². The average Bonchev–Trinajstić information content (AvgIpc) is 3.08. The fourth-order valence-electron chi connectivity index (χ4n) is 3.18. The van der Waals surface area contributed by atoms with Gasteiger partial charge in [-0.2, -0.15) is 13.2 Å². The Kier molecular flexibility index (Phi) is 5.71. The first-order valence-corrected chi connectivity index (χ1v) is 8.40. The predicted octanol–water partition coefficient (Wildman–Crippen LogP) is 4.28. The van der Waals surface area contributed by atoms with Gasteiger partial charge in [-0.3, -0.25) is 9.88 Å². The van der Waals surface area contributed by atoms with Crippen LogP contribution in [0.2, 0.25) is 0 Å². The van der Waals surface area contributed by atoms with Crippen molar-refractivity contribution in [1.29, 1.82) is 0 Å². The van der Waals surface area contributed by atoms with E-state index >= 15 is 0 Å². The van der Waals surface area contributed by atoms with Crippen molar-refractivity contribution in [2.45, 2.75) is 38.2 Å². The van der Waals surface area contributed by atoms with Crippen molar-refractivity contribution in [1.82, 2.24) is 9.88 Å². The van der Waals surface area contributed by atoms with Crippen LogP contribution < -0.4 is 0 Å². The number of halogens is 3. The quantitative estimate of drug-likeness (QED) is 0.777. The number of ether oxygens (including phenoxy) is 1. The van der Waals surface area contributed by atoms with Gasteiger partial charge in [0, 0.05) is 38.6 Å². The summed E-state index contributed by atoms with van der Waals surface area (Å²) in [6.45, 7) is 2.15. The Bertz CT molecular complexity index is 670. The predicted molar refractivity (Wildman–Crippen MR) is 88.8 cm³/mol. The Balaban J connectivity index is 1.79. The molecule has 0 saturated carbocycles. The summed E-state index contributed by atoms with van der Waals surface area (Å²) in [5, 5.41) is 0. The van der Waals surface area contributed by atoms with Crippen LogP contribution in [0.5, 0.6) is 0 Å². The van der Waals surface area contributed by atoms with E-state index in [0.717, 1.165) is 31.1 Å². The van der Waals surface area contributed by atoms with Gasteiger partial charge in [0.15, 0.2) is 0 Å². The molecule has 0 radical (unpaired) electrons. The second kappa shape index (κ2) is 7.97. The summed E-state index contributed by atoms with van der Waals surface area (Å²) in [7, 11) is 0. The van der Waals surface area contributed by atoms with E-state index in [1.54, 1.807) is 24.5 Å². The molecule has 1 fully saturated rings. The lowest BCUT2D eigenvalue weighted by Crippen LogP contribution is -2.32. The highest BCUT2D eigenvalue weighted by Gasteiger charge is 2.33. The highest BCUT2D eigenvalue weighted by atomic mass is 19.4. The Morgan fingerprint density at radius 2 is 1.84 bits per heavy atom. The lowest BCUT2D eigenvalue weighted by atomic mass is 10.1. The molecule has 3 rings (SSSR count). The molecule has 1 aromatic heterocycles. The number of pyridine rings is 1. The molecule has 25 heavy (non-hydrogen) atoms. The van der Waals surface area contributed by atoms with Gasteiger partial charge < -0.3 is 4.74 Å². The number of rotatable bonds is 6. The van der Waals surface area contributed by atoms with Crippen LogP contribution >= 0.6 is 0 Å². The van der Waals surface area contributed by atoms with Crippen LogP contribution in [0.1, 0.15) is 29.5 Å². The minimum absolute atomic E-state index is 0.0832. The smallest absolute Gasteiger partial charge is 0.377 e. The molecule has 1 aliphatic heterocycles. The first-order chi connectivity index (χ1) is 12.0. The number of benzene rings is 1. The van der Waals surface area contributed by atoms with E-state index in [1.165, 1.54) is 6.07 Å². The summed E-state index contributed by atoms with van der Waals surface area (Å²) < 4.78 is 45.5. The zero-order chi connectivity index (χ0) is 17.7. The minimum atomic E-state index is -4.34. The summed E-state index contributed by atoms with van der Waals surface area (Å²) in [6.07, 6.45) is 1.09. The van der Waals surface area contributed by atoms with Crippen molar-refractivity contribution < 1.29 is 17.9 Å². The third-order valence-electron chi connectivity index (χ3n) is 4.36. The zero-order valence-electron chi connectivity index (χ0n) is 13.9. The van der Waals surface area contributed by atoms with E-state index in [0.29, 0.717) is 18.7 Å². The molecule has 2 aromatic rings. The van der Waals surface area contributed by atoms with Gasteiger partial charge >= 0.3 is 6.18 Å². The van der Waals surface area contributed by atoms with E-state index in [-0.39, 0.29) is 12.6 Å². The molecule has 1 atom stereocenters. The summed E-state index contributed by atoms with van der Waals surface area (Å²) in [6, 6.07) is 9.56. The Labute approximate surface area is 145 Å². The molecule has 1 saturated heterocycles. The molecular formula is C19H21F3N2O. The van der Waals surface area contributed by atoms with Gasteiger partial charge in [-0.1, -0.05) is 18.2 Å². The monoisotopic (exact) mass is 350 g/mol. The fourth-order valence-corrected chi connectivity index (χ4v) is 3.18. The van der Waals surface area contributed by atoms with Gasteiger partial charge in [0.1, 0.15) is 0 Å². The molecule has 0 spiro atoms. The SMILES string of the molecule is FC(F)(F)c1ccccc1CN(Cc1ccncc1)CC1CCCO1. The van der Waals surface area contributed by atoms with Gasteiger partial charge in [0.05, 0.1) is 11.7 Å². The number of hydrogen-bond donors (Lipinski definition) is 0. The number of hydrogen-bond acceptors (Lipinski definition) is 3. The Morgan fingerprint density at radius 1 is 1.08 bits per heavy atom. The van der Waals surface area contributed by atoms with Crippen molar-refractivity contribution in [3.05, 3.63) is 65.5 Å². The minimum Gasteiger partial charge on any atom is -0.377 e. The van der Waals surface area contributed by atoms with Crippen molar-refractivity contribution in [2.75, 3.05) is 13.2 Å². The van der Waals surface area contributed by atoms with Crippen molar-refractivity contribution >= 4 is 0 Å². The fraction of sp³-hybridized carbons (Fsp3) is 0.421. The van der Waals surface area contributed by atoms with Crippen LogP contribution in [0.15, 0.2) is 48.8 Å². The third kappa shape index (κ3) is 5.03. The number of alkyl halides is 3. The lowest BCUT2D eigenvalue weighted by molar-refractivity contribution is -0.138. The molecule has 1 aliphatic rings. The van der Waals surface area contributed by atoms with Gasteiger partial charge in [-0.25, -0.2) is 0 Å². The molecule has 2 heterocycles. The summed E-state index contributed by atoms with van der Waals surface area (Å²) in [4.78, 5) is 6.02. The number of aromatic nitrogens is 1. The maximum Gasteiger partial charge on any atom is 0.416 e. The molecule has 6 heteroatoms. The number of nitrogens with zero attached hydrogens (tertiary/aromatic N) is 2. The molecule has 0 aliphatic carbocycles. The second-order valence-corrected chi connectivity index (χ2v) is 6.32. The van der Waals surface area contributed by atoms with Crippen molar-refractivity contribution in [3.63, 3.8) is 0 Å². The average molecular weight is 350 g/mol. The van der Waals surface area contributed by atoms with Crippen molar-refractivity contribution in [2.24, 2.45) is 0 Å². The molecule has 3 nitrogen and oxygen atoms in total. The maximum absolute atomic E-state index is 13.3. The largest absolute Gasteiger partial charge is 0.416 e. The first-order valence-electron chi connectivity index (χ1n) is 8.40. The van der Waals surface area contributed by atoms with Gasteiger partial charge in [-0.15, -0.1) is 0 Å². The van der Waals surface area contributed by atoms with Crippen LogP contribution in [0.3, 0.4) is 0 Å². The van der Waals surface area contributed by atoms with Gasteiger partial charge in [0.25, 0.3) is 0 Å². The van der Waals surface area contributed by atoms with Crippen LogP contribution in [0.4, 0.5) is 13.2 Å². The van der Waals surface area contributed by atoms with E-state index in [4.69, 9.17) is 4.74 Å². The van der Waals surface area contributed by atoms with Gasteiger partial charge in [0.2, 0.25) is 0 Å². The first kappa shape index (κ1) is 17.9. The van der Waals surface area contributed by atoms with Crippen LogP contribution in [-0.2, 0) is 24.0 Å². The summed E-state index contributed by atoms with van der Waals surface area (Å²) in [5.74, 6) is 0. The van der Waals surface area contributed by atoms with E-state index in [9.17, 15) is 13.2 Å². The zero-order valence-corrected chi connectivity index (χ0v) is 13.9. The Hall–Kier alpha value is -1.92. The highest BCUT2D eigenvalue weighted by Crippen LogP contribution is 2.32. The lowest BCUT2D eigenvalue weighted by Gasteiger charge is -2.26. The van der Waals surface area contributed by atoms with Crippen LogP contribution in [0, 0.1) is 0 Å². The van der Waals surface area contributed by atoms with Crippen LogP contribution in [-0.4, -0.2) is 29.1 Å². The maximum atomic E-state index is 13.3. The molecular weight excluding hydrogens is 329 g/mol. The van der Waals surface area contributed by atoms with E-state index in [1.807, 2.05) is 17.0 Å². The molecule has 0 amide bonds. The van der Waals surface area contributed by atoms with E-state index in [2.05, 4.69) is 4.98 Å². The normalized spacial score (nSPS) is 18.0. The standard InChI is InChI=1S/C19H21F3N2O/c20-19(21,22)18-6-2-1-4-16(18)13-24(14-17-5-3-11-25-17)12-15-7-9-23-10-8-15/h1-2,4,6-10,17H,3,5,11-14H2. The van der Waals surface area contributed by atoms with E-state index < -0.39 is 11.7 Å². The second-order valence-electron chi connectivity index (χ2n) is 6.32. The molecule has 0 bridgehead atoms.